The summed E-state index contributed by atoms with van der Waals surface area (Å²) >= 11 is 6.15. The lowest BCUT2D eigenvalue weighted by atomic mass is 10.1. The number of carbonyl (C=O) groups excluding carboxylic acids is 4. The summed E-state index contributed by atoms with van der Waals surface area (Å²) in [5, 5.41) is 3.31. The summed E-state index contributed by atoms with van der Waals surface area (Å²) in [7, 11) is 1.30. The lowest BCUT2D eigenvalue weighted by molar-refractivity contribution is -0.141. The molecule has 1 saturated heterocycles. The van der Waals surface area contributed by atoms with Gasteiger partial charge in [0.05, 0.1) is 12.8 Å². The van der Waals surface area contributed by atoms with E-state index in [9.17, 15) is 19.2 Å². The van der Waals surface area contributed by atoms with E-state index in [4.69, 9.17) is 16.3 Å². The standard InChI is InChI=1S/C23H18ClN3O5/c1-13-7-8-15(10-18(13)24)27-22(30)17(21(29)25-23(27)31)9-14-11-26(12-20(28)32-2)19-6-4-3-5-16(14)19/h3-11H,12H2,1-2H3,(H,25,29,31)/b17-9-. The number of hydrogen-bond acceptors (Lipinski definition) is 5. The van der Waals surface area contributed by atoms with Crippen LogP contribution in [-0.4, -0.2) is 35.5 Å². The molecule has 162 valence electrons. The second kappa shape index (κ2) is 8.32. The van der Waals surface area contributed by atoms with Gasteiger partial charge in [0.1, 0.15) is 12.1 Å². The zero-order chi connectivity index (χ0) is 23.0. The van der Waals surface area contributed by atoms with Crippen LogP contribution in [0.1, 0.15) is 11.1 Å². The zero-order valence-corrected chi connectivity index (χ0v) is 18.0. The van der Waals surface area contributed by atoms with Crippen LogP contribution in [0, 0.1) is 6.92 Å². The molecule has 0 radical (unpaired) electrons. The first-order chi connectivity index (χ1) is 15.3. The van der Waals surface area contributed by atoms with Gasteiger partial charge in [0.2, 0.25) is 0 Å². The Balaban J connectivity index is 1.79. The third kappa shape index (κ3) is 3.76. The molecular weight excluding hydrogens is 434 g/mol. The molecule has 1 aliphatic heterocycles. The van der Waals surface area contributed by atoms with Crippen LogP contribution in [0.25, 0.3) is 17.0 Å². The van der Waals surface area contributed by atoms with Crippen molar-refractivity contribution in [1.82, 2.24) is 9.88 Å². The number of imide groups is 2. The SMILES string of the molecule is COC(=O)Cn1cc(/C=C2/C(=O)NC(=O)N(c3ccc(C)c(Cl)c3)C2=O)c2ccccc21. The molecule has 0 bridgehead atoms. The summed E-state index contributed by atoms with van der Waals surface area (Å²) in [5.41, 5.74) is 2.08. The monoisotopic (exact) mass is 451 g/mol. The first kappa shape index (κ1) is 21.3. The van der Waals surface area contributed by atoms with Crippen molar-refractivity contribution in [3.8, 4) is 0 Å². The fourth-order valence-electron chi connectivity index (χ4n) is 3.49. The van der Waals surface area contributed by atoms with Gasteiger partial charge in [0.25, 0.3) is 11.8 Å². The molecule has 3 aromatic rings. The van der Waals surface area contributed by atoms with Crippen LogP contribution in [0.2, 0.25) is 5.02 Å². The minimum Gasteiger partial charge on any atom is -0.468 e. The molecule has 1 aromatic heterocycles. The third-order valence-corrected chi connectivity index (χ3v) is 5.57. The molecule has 1 fully saturated rings. The molecule has 32 heavy (non-hydrogen) atoms. The fraction of sp³-hybridized carbons (Fsp3) is 0.130. The van der Waals surface area contributed by atoms with Crippen LogP contribution < -0.4 is 10.2 Å². The number of amides is 4. The quantitative estimate of drug-likeness (QED) is 0.372. The number of halogens is 1. The zero-order valence-electron chi connectivity index (χ0n) is 17.2. The number of carbonyl (C=O) groups is 4. The number of barbiturate groups is 1. The van der Waals surface area contributed by atoms with Crippen molar-refractivity contribution in [3.63, 3.8) is 0 Å². The number of esters is 1. The van der Waals surface area contributed by atoms with Gasteiger partial charge in [0, 0.05) is 27.7 Å². The lowest BCUT2D eigenvalue weighted by Gasteiger charge is -2.26. The summed E-state index contributed by atoms with van der Waals surface area (Å²) in [5.74, 6) is -2.02. The Morgan fingerprint density at radius 1 is 1.16 bits per heavy atom. The highest BCUT2D eigenvalue weighted by Crippen LogP contribution is 2.28. The summed E-state index contributed by atoms with van der Waals surface area (Å²) in [4.78, 5) is 50.8. The Hall–Kier alpha value is -3.91. The number of methoxy groups -OCH3 is 1. The van der Waals surface area contributed by atoms with Crippen molar-refractivity contribution in [2.45, 2.75) is 13.5 Å². The second-order valence-electron chi connectivity index (χ2n) is 7.20. The number of urea groups is 1. The van der Waals surface area contributed by atoms with Crippen LogP contribution >= 0.6 is 11.6 Å². The van der Waals surface area contributed by atoms with Crippen molar-refractivity contribution in [3.05, 3.63) is 70.4 Å². The maximum atomic E-state index is 13.2. The molecule has 9 heteroatoms. The topological polar surface area (TPSA) is 97.7 Å². The Labute approximate surface area is 188 Å². The van der Waals surface area contributed by atoms with Crippen molar-refractivity contribution >= 4 is 58.1 Å². The van der Waals surface area contributed by atoms with Crippen LogP contribution in [0.5, 0.6) is 0 Å². The number of fused-ring (bicyclic) bond motifs is 1. The average molecular weight is 452 g/mol. The van der Waals surface area contributed by atoms with Crippen molar-refractivity contribution in [1.29, 1.82) is 0 Å². The van der Waals surface area contributed by atoms with E-state index in [0.29, 0.717) is 10.6 Å². The minimum absolute atomic E-state index is 0.0349. The largest absolute Gasteiger partial charge is 0.468 e. The molecule has 0 atom stereocenters. The number of nitrogens with zero attached hydrogens (tertiary/aromatic N) is 2. The van der Waals surface area contributed by atoms with Gasteiger partial charge < -0.3 is 9.30 Å². The van der Waals surface area contributed by atoms with Gasteiger partial charge in [-0.3, -0.25) is 19.7 Å². The van der Waals surface area contributed by atoms with Gasteiger partial charge in [-0.15, -0.1) is 0 Å². The number of nitrogens with one attached hydrogen (secondary N) is 1. The van der Waals surface area contributed by atoms with Gasteiger partial charge in [-0.25, -0.2) is 9.69 Å². The number of benzene rings is 2. The predicted octanol–water partition coefficient (Wildman–Crippen LogP) is 3.44. The second-order valence-corrected chi connectivity index (χ2v) is 7.60. The van der Waals surface area contributed by atoms with Crippen molar-refractivity contribution < 1.29 is 23.9 Å². The van der Waals surface area contributed by atoms with E-state index in [2.05, 4.69) is 5.32 Å². The smallest absolute Gasteiger partial charge is 0.335 e. The number of aromatic nitrogens is 1. The van der Waals surface area contributed by atoms with Crippen LogP contribution in [-0.2, 0) is 25.7 Å². The molecule has 2 heterocycles. The normalized spacial score (nSPS) is 15.4. The predicted molar refractivity (Wildman–Crippen MR) is 119 cm³/mol. The molecule has 4 rings (SSSR count). The maximum Gasteiger partial charge on any atom is 0.335 e. The van der Waals surface area contributed by atoms with E-state index in [-0.39, 0.29) is 17.8 Å². The Morgan fingerprint density at radius 3 is 2.62 bits per heavy atom. The Kier molecular flexibility index (Phi) is 5.54. The van der Waals surface area contributed by atoms with E-state index in [1.54, 1.807) is 35.9 Å². The summed E-state index contributed by atoms with van der Waals surface area (Å²) in [6.45, 7) is 1.76. The number of ether oxygens (including phenoxy) is 1. The fourth-order valence-corrected chi connectivity index (χ4v) is 3.67. The number of rotatable bonds is 4. The molecule has 1 aliphatic rings. The van der Waals surface area contributed by atoms with E-state index in [1.165, 1.54) is 19.3 Å². The van der Waals surface area contributed by atoms with Crippen molar-refractivity contribution in [2.75, 3.05) is 12.0 Å². The average Bonchev–Trinajstić information content (AvgIpc) is 3.10. The van der Waals surface area contributed by atoms with E-state index >= 15 is 0 Å². The molecule has 1 N–H and O–H groups in total. The Morgan fingerprint density at radius 2 is 1.91 bits per heavy atom. The van der Waals surface area contributed by atoms with E-state index in [1.807, 2.05) is 18.2 Å². The van der Waals surface area contributed by atoms with Gasteiger partial charge in [-0.2, -0.15) is 0 Å². The van der Waals surface area contributed by atoms with Gasteiger partial charge in [-0.05, 0) is 36.8 Å². The minimum atomic E-state index is -0.856. The molecule has 8 nitrogen and oxygen atoms in total. The van der Waals surface area contributed by atoms with Crippen molar-refractivity contribution in [2.24, 2.45) is 0 Å². The van der Waals surface area contributed by atoms with Gasteiger partial charge >= 0.3 is 12.0 Å². The first-order valence-electron chi connectivity index (χ1n) is 9.62. The van der Waals surface area contributed by atoms with E-state index < -0.39 is 23.8 Å². The first-order valence-corrected chi connectivity index (χ1v) is 10.00. The third-order valence-electron chi connectivity index (χ3n) is 5.16. The summed E-state index contributed by atoms with van der Waals surface area (Å²) in [6, 6.07) is 11.1. The highest BCUT2D eigenvalue weighted by atomic mass is 35.5. The number of para-hydroxylation sites is 1. The number of aryl methyl sites for hydroxylation is 1. The van der Waals surface area contributed by atoms with E-state index in [0.717, 1.165) is 21.4 Å². The molecule has 0 aliphatic carbocycles. The van der Waals surface area contributed by atoms with Crippen LogP contribution in [0.15, 0.2) is 54.2 Å². The highest BCUT2D eigenvalue weighted by Gasteiger charge is 2.37. The summed E-state index contributed by atoms with van der Waals surface area (Å²) in [6.07, 6.45) is 3.06. The molecule has 0 saturated carbocycles. The molecule has 0 unspecified atom stereocenters. The molecular formula is C23H18ClN3O5. The van der Waals surface area contributed by atoms with Gasteiger partial charge in [-0.1, -0.05) is 35.9 Å². The molecule has 4 amide bonds. The summed E-state index contributed by atoms with van der Waals surface area (Å²) < 4.78 is 6.41. The Bertz CT molecular complexity index is 1320. The number of hydrogen-bond donors (Lipinski definition) is 1. The van der Waals surface area contributed by atoms with Gasteiger partial charge in [0.15, 0.2) is 0 Å². The molecule has 0 spiro atoms. The van der Waals surface area contributed by atoms with Crippen LogP contribution in [0.4, 0.5) is 10.5 Å². The molecule has 2 aromatic carbocycles. The maximum absolute atomic E-state index is 13.2. The highest BCUT2D eigenvalue weighted by molar-refractivity contribution is 6.39. The number of anilines is 1. The van der Waals surface area contributed by atoms with Crippen LogP contribution in [0.3, 0.4) is 0 Å². The lowest BCUT2D eigenvalue weighted by Crippen LogP contribution is -2.54.